The first kappa shape index (κ1) is 12.9. The molecule has 3 fully saturated rings. The highest BCUT2D eigenvalue weighted by Gasteiger charge is 2.48. The van der Waals surface area contributed by atoms with E-state index in [1.165, 1.54) is 51.7 Å². The van der Waals surface area contributed by atoms with Crippen molar-refractivity contribution < 1.29 is 0 Å². The lowest BCUT2D eigenvalue weighted by Gasteiger charge is -2.49. The molecule has 104 valence electrons. The highest BCUT2D eigenvalue weighted by Crippen LogP contribution is 2.39. The first-order chi connectivity index (χ1) is 8.66. The number of hydrogen-bond donors (Lipinski definition) is 1. The van der Waals surface area contributed by atoms with Gasteiger partial charge in [-0.3, -0.25) is 9.80 Å². The lowest BCUT2D eigenvalue weighted by molar-refractivity contribution is 0.00897. The van der Waals surface area contributed by atoms with Crippen LogP contribution in [0, 0.1) is 5.92 Å². The molecule has 18 heavy (non-hydrogen) atoms. The summed E-state index contributed by atoms with van der Waals surface area (Å²) in [7, 11) is 0. The van der Waals surface area contributed by atoms with E-state index < -0.39 is 0 Å². The summed E-state index contributed by atoms with van der Waals surface area (Å²) < 4.78 is 0. The van der Waals surface area contributed by atoms with Crippen LogP contribution in [0.1, 0.15) is 46.0 Å². The lowest BCUT2D eigenvalue weighted by atomic mass is 9.85. The van der Waals surface area contributed by atoms with Gasteiger partial charge in [0.05, 0.1) is 0 Å². The fraction of sp³-hybridized carbons (Fsp3) is 1.00. The molecule has 3 heteroatoms. The third kappa shape index (κ3) is 2.10. The second-order valence-electron chi connectivity index (χ2n) is 6.93. The summed E-state index contributed by atoms with van der Waals surface area (Å²) in [5.41, 5.74) is 6.51. The minimum Gasteiger partial charge on any atom is -0.329 e. The van der Waals surface area contributed by atoms with E-state index >= 15 is 0 Å². The number of rotatable bonds is 3. The summed E-state index contributed by atoms with van der Waals surface area (Å²) in [6.45, 7) is 9.44. The van der Waals surface area contributed by atoms with Crippen molar-refractivity contribution >= 4 is 0 Å². The van der Waals surface area contributed by atoms with Crippen molar-refractivity contribution in [3.8, 4) is 0 Å². The lowest BCUT2D eigenvalue weighted by Crippen LogP contribution is -2.61. The van der Waals surface area contributed by atoms with Gasteiger partial charge < -0.3 is 5.73 Å². The number of likely N-dealkylation sites (tertiary alicyclic amines) is 2. The molecule has 0 spiro atoms. The van der Waals surface area contributed by atoms with Crippen molar-refractivity contribution in [2.24, 2.45) is 11.7 Å². The second-order valence-corrected chi connectivity index (χ2v) is 6.93. The van der Waals surface area contributed by atoms with E-state index in [1.54, 1.807) is 0 Å². The Bertz CT molecular complexity index is 302. The van der Waals surface area contributed by atoms with Gasteiger partial charge in [0.1, 0.15) is 0 Å². The summed E-state index contributed by atoms with van der Waals surface area (Å²) in [6.07, 6.45) is 6.89. The monoisotopic (exact) mass is 251 g/mol. The van der Waals surface area contributed by atoms with E-state index in [0.29, 0.717) is 6.04 Å². The van der Waals surface area contributed by atoms with Gasteiger partial charge in [-0.2, -0.15) is 0 Å². The van der Waals surface area contributed by atoms with Gasteiger partial charge in [0, 0.05) is 37.3 Å². The van der Waals surface area contributed by atoms with E-state index in [2.05, 4.69) is 23.6 Å². The number of hydrogen-bond acceptors (Lipinski definition) is 3. The molecule has 1 saturated carbocycles. The maximum atomic E-state index is 6.22. The molecule has 2 saturated heterocycles. The van der Waals surface area contributed by atoms with Gasteiger partial charge in [0.15, 0.2) is 0 Å². The average molecular weight is 251 g/mol. The Morgan fingerprint density at radius 3 is 2.61 bits per heavy atom. The Kier molecular flexibility index (Phi) is 3.41. The number of nitrogens with zero attached hydrogens (tertiary/aromatic N) is 2. The van der Waals surface area contributed by atoms with Crippen LogP contribution in [0.5, 0.6) is 0 Å². The molecule has 2 aliphatic heterocycles. The predicted octanol–water partition coefficient (Wildman–Crippen LogP) is 1.67. The second kappa shape index (κ2) is 4.77. The highest BCUT2D eigenvalue weighted by molar-refractivity contribution is 5.05. The van der Waals surface area contributed by atoms with Gasteiger partial charge in [-0.05, 0) is 51.5 Å². The molecule has 3 rings (SSSR count). The third-order valence-corrected chi connectivity index (χ3v) is 5.79. The Morgan fingerprint density at radius 2 is 1.94 bits per heavy atom. The molecule has 0 aromatic carbocycles. The van der Waals surface area contributed by atoms with Crippen LogP contribution in [0.25, 0.3) is 0 Å². The van der Waals surface area contributed by atoms with Crippen LogP contribution >= 0.6 is 0 Å². The Balaban J connectivity index is 1.74. The fourth-order valence-corrected chi connectivity index (χ4v) is 4.16. The van der Waals surface area contributed by atoms with Crippen molar-refractivity contribution in [1.82, 2.24) is 9.80 Å². The molecule has 3 nitrogen and oxygen atoms in total. The third-order valence-electron chi connectivity index (χ3n) is 5.79. The molecule has 0 radical (unpaired) electrons. The summed E-state index contributed by atoms with van der Waals surface area (Å²) in [5.74, 6) is 0.831. The Hall–Kier alpha value is -0.120. The van der Waals surface area contributed by atoms with Crippen molar-refractivity contribution in [2.45, 2.75) is 63.6 Å². The van der Waals surface area contributed by atoms with Gasteiger partial charge in [-0.25, -0.2) is 0 Å². The highest BCUT2D eigenvalue weighted by atomic mass is 15.3. The minimum absolute atomic E-state index is 0.288. The first-order valence-electron chi connectivity index (χ1n) is 7.87. The van der Waals surface area contributed by atoms with Crippen molar-refractivity contribution in [1.29, 1.82) is 0 Å². The van der Waals surface area contributed by atoms with E-state index in [1.807, 2.05) is 0 Å². The van der Waals surface area contributed by atoms with E-state index in [-0.39, 0.29) is 5.54 Å². The maximum Gasteiger partial charge on any atom is 0.0473 e. The SMILES string of the molecule is CC1CCCN(C2(CN)CCN(C3CC3)C2)C1C. The van der Waals surface area contributed by atoms with Crippen LogP contribution < -0.4 is 5.73 Å². The first-order valence-corrected chi connectivity index (χ1v) is 7.87. The van der Waals surface area contributed by atoms with Crippen molar-refractivity contribution in [3.05, 3.63) is 0 Å². The molecular formula is C15H29N3. The molecule has 2 N–H and O–H groups in total. The van der Waals surface area contributed by atoms with Crippen LogP contribution in [-0.4, -0.2) is 53.6 Å². The topological polar surface area (TPSA) is 32.5 Å². The quantitative estimate of drug-likeness (QED) is 0.828. The van der Waals surface area contributed by atoms with E-state index in [0.717, 1.165) is 18.5 Å². The van der Waals surface area contributed by atoms with Crippen LogP contribution in [-0.2, 0) is 0 Å². The molecule has 0 bridgehead atoms. The molecular weight excluding hydrogens is 222 g/mol. The number of piperidine rings is 1. The zero-order valence-electron chi connectivity index (χ0n) is 12.1. The summed E-state index contributed by atoms with van der Waals surface area (Å²) in [4.78, 5) is 5.47. The average Bonchev–Trinajstić information content (AvgIpc) is 3.13. The van der Waals surface area contributed by atoms with Gasteiger partial charge in [-0.15, -0.1) is 0 Å². The van der Waals surface area contributed by atoms with Crippen LogP contribution in [0.2, 0.25) is 0 Å². The fourth-order valence-electron chi connectivity index (χ4n) is 4.16. The largest absolute Gasteiger partial charge is 0.329 e. The zero-order valence-corrected chi connectivity index (χ0v) is 12.1. The summed E-state index contributed by atoms with van der Waals surface area (Å²) in [5, 5.41) is 0. The van der Waals surface area contributed by atoms with Crippen molar-refractivity contribution in [2.75, 3.05) is 26.2 Å². The molecule has 0 aromatic rings. The van der Waals surface area contributed by atoms with Gasteiger partial charge in [0.25, 0.3) is 0 Å². The normalized spacial score (nSPS) is 43.5. The maximum absolute atomic E-state index is 6.22. The van der Waals surface area contributed by atoms with Gasteiger partial charge in [0.2, 0.25) is 0 Å². The molecule has 2 heterocycles. The van der Waals surface area contributed by atoms with Gasteiger partial charge in [-0.1, -0.05) is 6.92 Å². The van der Waals surface area contributed by atoms with E-state index in [9.17, 15) is 0 Å². The summed E-state index contributed by atoms with van der Waals surface area (Å²) in [6, 6.07) is 1.61. The molecule has 3 aliphatic rings. The Morgan fingerprint density at radius 1 is 1.17 bits per heavy atom. The van der Waals surface area contributed by atoms with Crippen LogP contribution in [0.15, 0.2) is 0 Å². The molecule has 0 aromatic heterocycles. The number of nitrogens with two attached hydrogens (primary N) is 1. The molecule has 3 unspecified atom stereocenters. The predicted molar refractivity (Wildman–Crippen MR) is 75.6 cm³/mol. The summed E-state index contributed by atoms with van der Waals surface area (Å²) >= 11 is 0. The van der Waals surface area contributed by atoms with Crippen LogP contribution in [0.3, 0.4) is 0 Å². The Labute approximate surface area is 112 Å². The van der Waals surface area contributed by atoms with Crippen LogP contribution in [0.4, 0.5) is 0 Å². The smallest absolute Gasteiger partial charge is 0.0473 e. The standard InChI is InChI=1S/C15H29N3/c1-12-4-3-8-18(13(12)2)15(10-16)7-9-17(11-15)14-5-6-14/h12-14H,3-11,16H2,1-2H3. The van der Waals surface area contributed by atoms with E-state index in [4.69, 9.17) is 5.73 Å². The molecule has 0 amide bonds. The molecule has 3 atom stereocenters. The minimum atomic E-state index is 0.288. The van der Waals surface area contributed by atoms with Crippen molar-refractivity contribution in [3.63, 3.8) is 0 Å². The zero-order chi connectivity index (χ0) is 12.8. The molecule has 1 aliphatic carbocycles. The van der Waals surface area contributed by atoms with Gasteiger partial charge >= 0.3 is 0 Å².